The van der Waals surface area contributed by atoms with Crippen LogP contribution in [0.15, 0.2) is 12.2 Å². The van der Waals surface area contributed by atoms with Crippen molar-refractivity contribution < 1.29 is 20.1 Å². The van der Waals surface area contributed by atoms with Gasteiger partial charge in [0.2, 0.25) is 5.91 Å². The van der Waals surface area contributed by atoms with Crippen LogP contribution < -0.4 is 5.32 Å². The van der Waals surface area contributed by atoms with Gasteiger partial charge in [-0.2, -0.15) is 0 Å². The minimum absolute atomic E-state index is 0.152. The lowest BCUT2D eigenvalue weighted by Gasteiger charge is -2.26. The molecule has 0 radical (unpaired) electrons. The molecule has 0 aromatic heterocycles. The molecule has 5 nitrogen and oxygen atoms in total. The van der Waals surface area contributed by atoms with Crippen molar-refractivity contribution in [3.05, 3.63) is 12.2 Å². The number of hydrogen-bond acceptors (Lipinski definition) is 4. The number of carbonyl (C=O) groups excluding carboxylic acids is 1. The Hall–Kier alpha value is -0.910. The highest BCUT2D eigenvalue weighted by molar-refractivity contribution is 5.76. The van der Waals surface area contributed by atoms with E-state index in [4.69, 9.17) is 0 Å². The largest absolute Gasteiger partial charge is 0.394 e. The summed E-state index contributed by atoms with van der Waals surface area (Å²) in [6.45, 7) is 4.17. The lowest BCUT2D eigenvalue weighted by molar-refractivity contribution is -0.124. The predicted molar refractivity (Wildman–Crippen MR) is 199 cm³/mol. The highest BCUT2D eigenvalue weighted by atomic mass is 16.3. The molecule has 0 aromatic carbocycles. The minimum atomic E-state index is -1.15. The summed E-state index contributed by atoms with van der Waals surface area (Å²) in [7, 11) is 0. The van der Waals surface area contributed by atoms with Crippen molar-refractivity contribution in [1.82, 2.24) is 5.32 Å². The third-order valence-corrected chi connectivity index (χ3v) is 9.62. The fourth-order valence-electron chi connectivity index (χ4n) is 6.40. The molecule has 0 aliphatic carbocycles. The Bertz CT molecular complexity index is 640. The predicted octanol–water partition coefficient (Wildman–Crippen LogP) is 11.3. The van der Waals surface area contributed by atoms with E-state index >= 15 is 0 Å². The number of allylic oxidation sites excluding steroid dienone is 2. The van der Waals surface area contributed by atoms with Gasteiger partial charge >= 0.3 is 0 Å². The zero-order valence-electron chi connectivity index (χ0n) is 31.0. The number of aliphatic hydroxyl groups is 3. The summed E-state index contributed by atoms with van der Waals surface area (Å²) in [5.74, 6) is -0.152. The van der Waals surface area contributed by atoms with Crippen LogP contribution in [0.5, 0.6) is 0 Å². The molecule has 5 heteroatoms. The second-order valence-corrected chi connectivity index (χ2v) is 14.2. The van der Waals surface area contributed by atoms with E-state index in [0.29, 0.717) is 12.8 Å². The monoisotopic (exact) mass is 652 g/mol. The van der Waals surface area contributed by atoms with E-state index in [2.05, 4.69) is 31.3 Å². The number of amides is 1. The van der Waals surface area contributed by atoms with Crippen LogP contribution in [-0.2, 0) is 4.79 Å². The molecule has 46 heavy (non-hydrogen) atoms. The van der Waals surface area contributed by atoms with Gasteiger partial charge in [-0.25, -0.2) is 0 Å². The molecule has 0 aromatic rings. The molecule has 1 amide bonds. The molecular formula is C41H81NO4. The highest BCUT2D eigenvalue weighted by Crippen LogP contribution is 2.16. The number of rotatable bonds is 37. The Morgan fingerprint density at radius 1 is 0.522 bits per heavy atom. The van der Waals surface area contributed by atoms with Gasteiger partial charge in [-0.15, -0.1) is 0 Å². The van der Waals surface area contributed by atoms with Gasteiger partial charge in [-0.1, -0.05) is 187 Å². The van der Waals surface area contributed by atoms with E-state index in [1.165, 1.54) is 154 Å². The van der Waals surface area contributed by atoms with E-state index < -0.39 is 18.2 Å². The molecule has 274 valence electrons. The van der Waals surface area contributed by atoms with Crippen LogP contribution in [0, 0.1) is 0 Å². The van der Waals surface area contributed by atoms with E-state index in [1.54, 1.807) is 0 Å². The summed E-state index contributed by atoms with van der Waals surface area (Å²) in [6.07, 6.45) is 41.7. The van der Waals surface area contributed by atoms with Gasteiger partial charge in [0.15, 0.2) is 0 Å². The number of aliphatic hydroxyl groups excluding tert-OH is 3. The first-order chi connectivity index (χ1) is 22.6. The SMILES string of the molecule is CCCCCCCCCCC/C=C/CCCC(O)C(O)C(CO)NC(=O)CCCCCCCCCCCCCCCCCCCC. The summed E-state index contributed by atoms with van der Waals surface area (Å²) < 4.78 is 0. The van der Waals surface area contributed by atoms with Crippen molar-refractivity contribution in [2.45, 2.75) is 238 Å². The number of carbonyl (C=O) groups is 1. The zero-order chi connectivity index (χ0) is 33.8. The number of unbranched alkanes of at least 4 members (excludes halogenated alkanes) is 27. The maximum atomic E-state index is 12.4. The summed E-state index contributed by atoms with van der Waals surface area (Å²) >= 11 is 0. The van der Waals surface area contributed by atoms with Gasteiger partial charge < -0.3 is 20.6 Å². The molecule has 0 fully saturated rings. The van der Waals surface area contributed by atoms with Gasteiger partial charge in [-0.05, 0) is 38.5 Å². The van der Waals surface area contributed by atoms with Crippen LogP contribution in [0.1, 0.15) is 219 Å². The van der Waals surface area contributed by atoms with E-state index in [9.17, 15) is 20.1 Å². The zero-order valence-corrected chi connectivity index (χ0v) is 31.0. The van der Waals surface area contributed by atoms with Crippen LogP contribution in [0.25, 0.3) is 0 Å². The smallest absolute Gasteiger partial charge is 0.220 e. The van der Waals surface area contributed by atoms with Crippen molar-refractivity contribution in [1.29, 1.82) is 0 Å². The maximum Gasteiger partial charge on any atom is 0.220 e. The fraction of sp³-hybridized carbons (Fsp3) is 0.927. The van der Waals surface area contributed by atoms with Gasteiger partial charge in [0.25, 0.3) is 0 Å². The average Bonchev–Trinajstić information content (AvgIpc) is 3.06. The van der Waals surface area contributed by atoms with Gasteiger partial charge in [-0.3, -0.25) is 4.79 Å². The third-order valence-electron chi connectivity index (χ3n) is 9.62. The van der Waals surface area contributed by atoms with Gasteiger partial charge in [0, 0.05) is 6.42 Å². The Balaban J connectivity index is 3.65. The van der Waals surface area contributed by atoms with Crippen LogP contribution in [-0.4, -0.2) is 46.1 Å². The Kier molecular flexibility index (Phi) is 36.2. The van der Waals surface area contributed by atoms with Crippen LogP contribution in [0.3, 0.4) is 0 Å². The van der Waals surface area contributed by atoms with Crippen molar-refractivity contribution in [3.63, 3.8) is 0 Å². The molecule has 0 heterocycles. The number of nitrogens with one attached hydrogen (secondary N) is 1. The standard InChI is InChI=1S/C41H81NO4/c1-3-5-7-9-11-13-15-17-19-20-21-22-24-26-28-30-32-34-36-40(45)42-38(37-43)41(46)39(44)35-33-31-29-27-25-23-18-16-14-12-10-8-6-4-2/h27,29,38-39,41,43-44,46H,3-26,28,30-37H2,1-2H3,(H,42,45)/b29-27+. The molecule has 0 aliphatic heterocycles. The Morgan fingerprint density at radius 2 is 0.870 bits per heavy atom. The van der Waals surface area contributed by atoms with Crippen LogP contribution >= 0.6 is 0 Å². The summed E-state index contributed by atoms with van der Waals surface area (Å²) in [5, 5.41) is 33.4. The maximum absolute atomic E-state index is 12.4. The van der Waals surface area contributed by atoms with E-state index in [-0.39, 0.29) is 12.5 Å². The molecule has 0 saturated heterocycles. The van der Waals surface area contributed by atoms with Crippen molar-refractivity contribution in [2.24, 2.45) is 0 Å². The number of hydrogen-bond donors (Lipinski definition) is 4. The molecule has 3 atom stereocenters. The van der Waals surface area contributed by atoms with E-state index in [0.717, 1.165) is 38.5 Å². The Morgan fingerprint density at radius 3 is 1.26 bits per heavy atom. The summed E-state index contributed by atoms with van der Waals surface area (Å²) in [5.41, 5.74) is 0. The molecule has 4 N–H and O–H groups in total. The van der Waals surface area contributed by atoms with Crippen LogP contribution in [0.2, 0.25) is 0 Å². The molecule has 0 aliphatic rings. The third kappa shape index (κ3) is 31.7. The van der Waals surface area contributed by atoms with Gasteiger partial charge in [0.1, 0.15) is 6.10 Å². The molecule has 3 unspecified atom stereocenters. The molecule has 0 saturated carbocycles. The lowest BCUT2D eigenvalue weighted by Crippen LogP contribution is -2.50. The first-order valence-electron chi connectivity index (χ1n) is 20.5. The lowest BCUT2D eigenvalue weighted by atomic mass is 10.0. The van der Waals surface area contributed by atoms with Crippen molar-refractivity contribution in [2.75, 3.05) is 6.61 Å². The summed E-state index contributed by atoms with van der Waals surface area (Å²) in [4.78, 5) is 12.4. The molecule has 0 bridgehead atoms. The normalized spacial score (nSPS) is 13.8. The highest BCUT2D eigenvalue weighted by Gasteiger charge is 2.26. The second kappa shape index (κ2) is 36.9. The molecular weight excluding hydrogens is 570 g/mol. The minimum Gasteiger partial charge on any atom is -0.394 e. The first kappa shape index (κ1) is 45.1. The second-order valence-electron chi connectivity index (χ2n) is 14.2. The van der Waals surface area contributed by atoms with Crippen LogP contribution in [0.4, 0.5) is 0 Å². The quantitative estimate of drug-likeness (QED) is 0.0397. The summed E-state index contributed by atoms with van der Waals surface area (Å²) in [6, 6.07) is -0.819. The molecule has 0 rings (SSSR count). The van der Waals surface area contributed by atoms with Crippen molar-refractivity contribution in [3.8, 4) is 0 Å². The fourth-order valence-corrected chi connectivity index (χ4v) is 6.40. The Labute approximate surface area is 287 Å². The first-order valence-corrected chi connectivity index (χ1v) is 20.5. The van der Waals surface area contributed by atoms with Gasteiger partial charge in [0.05, 0.1) is 18.8 Å². The average molecular weight is 652 g/mol. The van der Waals surface area contributed by atoms with E-state index in [1.807, 2.05) is 0 Å². The molecule has 0 spiro atoms. The topological polar surface area (TPSA) is 89.8 Å². The van der Waals surface area contributed by atoms with Crippen molar-refractivity contribution >= 4 is 5.91 Å².